The molecule has 60 valence electrons. The highest BCUT2D eigenvalue weighted by Crippen LogP contribution is 2.29. The van der Waals surface area contributed by atoms with Crippen LogP contribution in [0.3, 0.4) is 0 Å². The summed E-state index contributed by atoms with van der Waals surface area (Å²) in [5.74, 6) is 0.656. The van der Waals surface area contributed by atoms with Gasteiger partial charge in [0.2, 0.25) is 0 Å². The van der Waals surface area contributed by atoms with Gasteiger partial charge in [0.25, 0.3) is 0 Å². The van der Waals surface area contributed by atoms with Gasteiger partial charge in [-0.1, -0.05) is 13.8 Å². The molecule has 0 aromatic carbocycles. The molecule has 2 nitrogen and oxygen atoms in total. The lowest BCUT2D eigenvalue weighted by molar-refractivity contribution is 0.581. The van der Waals surface area contributed by atoms with Gasteiger partial charge in [-0.25, -0.2) is 8.42 Å². The number of sulfone groups is 1. The molecule has 0 N–H and O–H groups in total. The van der Waals surface area contributed by atoms with Crippen LogP contribution in [0.2, 0.25) is 0 Å². The number of hydrogen-bond acceptors (Lipinski definition) is 2. The maximum Gasteiger partial charge on any atom is 0.153 e. The molecule has 0 radical (unpaired) electrons. The molecule has 1 rings (SSSR count). The topological polar surface area (TPSA) is 34.1 Å². The fourth-order valence-electron chi connectivity index (χ4n) is 1.03. The van der Waals surface area contributed by atoms with Gasteiger partial charge < -0.3 is 0 Å². The maximum atomic E-state index is 11.2. The van der Waals surface area contributed by atoms with E-state index in [1.54, 1.807) is 0 Å². The zero-order valence-corrected chi connectivity index (χ0v) is 7.32. The Morgan fingerprint density at radius 1 is 1.40 bits per heavy atom. The average molecular weight is 162 g/mol. The molecule has 0 heterocycles. The number of rotatable bonds is 3. The lowest BCUT2D eigenvalue weighted by atomic mass is 10.3. The van der Waals surface area contributed by atoms with Crippen LogP contribution >= 0.6 is 0 Å². The molecule has 3 heteroatoms. The lowest BCUT2D eigenvalue weighted by Gasteiger charge is -2.03. The molecule has 10 heavy (non-hydrogen) atoms. The van der Waals surface area contributed by atoms with Crippen molar-refractivity contribution in [2.75, 3.05) is 5.75 Å². The molecule has 0 spiro atoms. The van der Waals surface area contributed by atoms with E-state index in [-0.39, 0.29) is 11.2 Å². The summed E-state index contributed by atoms with van der Waals surface area (Å²) < 4.78 is 22.4. The molecule has 0 amide bonds. The van der Waals surface area contributed by atoms with Gasteiger partial charge in [-0.2, -0.15) is 0 Å². The first kappa shape index (κ1) is 8.05. The molecule has 0 unspecified atom stereocenters. The van der Waals surface area contributed by atoms with Gasteiger partial charge in [-0.3, -0.25) is 0 Å². The van der Waals surface area contributed by atoms with Gasteiger partial charge in [-0.15, -0.1) is 0 Å². The summed E-state index contributed by atoms with van der Waals surface area (Å²) in [5, 5.41) is 0.0231. The van der Waals surface area contributed by atoms with Crippen LogP contribution in [0.25, 0.3) is 0 Å². The monoisotopic (exact) mass is 162 g/mol. The predicted molar refractivity (Wildman–Crippen MR) is 41.6 cm³/mol. The summed E-state index contributed by atoms with van der Waals surface area (Å²) in [6.07, 6.45) is 1.80. The number of hydrogen-bond donors (Lipinski definition) is 0. The van der Waals surface area contributed by atoms with Gasteiger partial charge >= 0.3 is 0 Å². The molecule has 1 saturated carbocycles. The molecular formula is C7H14O2S. The Kier molecular flexibility index (Phi) is 2.04. The van der Waals surface area contributed by atoms with Crippen molar-refractivity contribution in [3.63, 3.8) is 0 Å². The second-order valence-electron chi connectivity index (χ2n) is 3.42. The van der Waals surface area contributed by atoms with Crippen molar-refractivity contribution in [1.29, 1.82) is 0 Å². The van der Waals surface area contributed by atoms with Crippen LogP contribution in [0.4, 0.5) is 0 Å². The first-order chi connectivity index (χ1) is 4.52. The first-order valence-electron chi connectivity index (χ1n) is 3.74. The van der Waals surface area contributed by atoms with Crippen molar-refractivity contribution in [1.82, 2.24) is 0 Å². The summed E-state index contributed by atoms with van der Waals surface area (Å²) in [6.45, 7) is 3.89. The molecule has 1 aliphatic rings. The van der Waals surface area contributed by atoms with Crippen LogP contribution in [0, 0.1) is 5.92 Å². The molecule has 0 atom stereocenters. The lowest BCUT2D eigenvalue weighted by Crippen LogP contribution is -2.15. The van der Waals surface area contributed by atoms with Gasteiger partial charge in [0, 0.05) is 0 Å². The van der Waals surface area contributed by atoms with Gasteiger partial charge in [-0.05, 0) is 18.8 Å². The van der Waals surface area contributed by atoms with E-state index in [0.717, 1.165) is 12.8 Å². The molecule has 0 bridgehead atoms. The summed E-state index contributed by atoms with van der Waals surface area (Å²) in [4.78, 5) is 0. The summed E-state index contributed by atoms with van der Waals surface area (Å²) >= 11 is 0. The maximum absolute atomic E-state index is 11.2. The quantitative estimate of drug-likeness (QED) is 0.625. The highest BCUT2D eigenvalue weighted by atomic mass is 32.2. The third-order valence-corrected chi connectivity index (χ3v) is 4.22. The molecule has 0 aromatic rings. The van der Waals surface area contributed by atoms with E-state index in [2.05, 4.69) is 0 Å². The minimum atomic E-state index is -2.69. The standard InChI is InChI=1S/C7H14O2S/c1-6(2)5-10(8,9)7-3-4-7/h6-7H,3-5H2,1-2H3. The second kappa shape index (κ2) is 2.53. The molecule has 0 aliphatic heterocycles. The third kappa shape index (κ3) is 1.97. The Balaban J connectivity index is 2.51. The van der Waals surface area contributed by atoms with Crippen molar-refractivity contribution in [2.45, 2.75) is 31.9 Å². The Hall–Kier alpha value is -0.0500. The van der Waals surface area contributed by atoms with Crippen molar-refractivity contribution >= 4 is 9.84 Å². The SMILES string of the molecule is CC(C)CS(=O)(=O)C1CC1. The highest BCUT2D eigenvalue weighted by Gasteiger charge is 2.35. The largest absolute Gasteiger partial charge is 0.229 e. The first-order valence-corrected chi connectivity index (χ1v) is 5.45. The zero-order valence-electron chi connectivity index (χ0n) is 6.50. The van der Waals surface area contributed by atoms with E-state index < -0.39 is 9.84 Å². The van der Waals surface area contributed by atoms with Crippen LogP contribution in [0.5, 0.6) is 0 Å². The summed E-state index contributed by atoms with van der Waals surface area (Å²) in [6, 6.07) is 0. The molecule has 1 fully saturated rings. The molecule has 0 aromatic heterocycles. The van der Waals surface area contributed by atoms with E-state index in [1.165, 1.54) is 0 Å². The normalized spacial score (nSPS) is 19.9. The van der Waals surface area contributed by atoms with Crippen LogP contribution < -0.4 is 0 Å². The fourth-order valence-corrected chi connectivity index (χ4v) is 3.08. The van der Waals surface area contributed by atoms with Crippen molar-refractivity contribution in [3.05, 3.63) is 0 Å². The summed E-state index contributed by atoms with van der Waals surface area (Å²) in [5.41, 5.74) is 0. The van der Waals surface area contributed by atoms with Crippen LogP contribution in [-0.4, -0.2) is 19.4 Å². The van der Waals surface area contributed by atoms with Gasteiger partial charge in [0.15, 0.2) is 9.84 Å². The van der Waals surface area contributed by atoms with Gasteiger partial charge in [0.1, 0.15) is 0 Å². The van der Waals surface area contributed by atoms with Crippen LogP contribution in [-0.2, 0) is 9.84 Å². The molecule has 1 aliphatic carbocycles. The minimum Gasteiger partial charge on any atom is -0.229 e. The third-order valence-electron chi connectivity index (χ3n) is 1.60. The van der Waals surface area contributed by atoms with Crippen molar-refractivity contribution < 1.29 is 8.42 Å². The van der Waals surface area contributed by atoms with E-state index in [9.17, 15) is 8.42 Å². The highest BCUT2D eigenvalue weighted by molar-refractivity contribution is 7.92. The van der Waals surface area contributed by atoms with E-state index >= 15 is 0 Å². The fraction of sp³-hybridized carbons (Fsp3) is 1.00. The Labute approximate surface area is 62.5 Å². The second-order valence-corrected chi connectivity index (χ2v) is 5.75. The van der Waals surface area contributed by atoms with Crippen molar-refractivity contribution in [3.8, 4) is 0 Å². The summed E-state index contributed by atoms with van der Waals surface area (Å²) in [7, 11) is -2.69. The Morgan fingerprint density at radius 2 is 1.90 bits per heavy atom. The predicted octanol–water partition coefficient (Wildman–Crippen LogP) is 1.22. The Morgan fingerprint density at radius 3 is 2.20 bits per heavy atom. The molecular weight excluding hydrogens is 148 g/mol. The Bertz CT molecular complexity index is 200. The van der Waals surface area contributed by atoms with Crippen LogP contribution in [0.1, 0.15) is 26.7 Å². The van der Waals surface area contributed by atoms with Crippen LogP contribution in [0.15, 0.2) is 0 Å². The smallest absolute Gasteiger partial charge is 0.153 e. The molecule has 0 saturated heterocycles. The average Bonchev–Trinajstić information content (AvgIpc) is 2.35. The van der Waals surface area contributed by atoms with Crippen molar-refractivity contribution in [2.24, 2.45) is 5.92 Å². The van der Waals surface area contributed by atoms with E-state index in [4.69, 9.17) is 0 Å². The zero-order chi connectivity index (χ0) is 7.78. The van der Waals surface area contributed by atoms with E-state index in [0.29, 0.717) is 5.75 Å². The van der Waals surface area contributed by atoms with E-state index in [1.807, 2.05) is 13.8 Å². The minimum absolute atomic E-state index is 0.0231. The van der Waals surface area contributed by atoms with Gasteiger partial charge in [0.05, 0.1) is 11.0 Å².